The lowest BCUT2D eigenvalue weighted by atomic mass is 9.88. The number of aliphatic hydroxyl groups is 1. The van der Waals surface area contributed by atoms with Gasteiger partial charge in [0, 0.05) is 0 Å². The zero-order valence-electron chi connectivity index (χ0n) is 9.62. The normalized spacial score (nSPS) is 13.4. The molecule has 3 nitrogen and oxygen atoms in total. The van der Waals surface area contributed by atoms with Gasteiger partial charge in [0.1, 0.15) is 6.61 Å². The van der Waals surface area contributed by atoms with Crippen molar-refractivity contribution in [3.63, 3.8) is 0 Å². The van der Waals surface area contributed by atoms with E-state index < -0.39 is 0 Å². The van der Waals surface area contributed by atoms with Crippen molar-refractivity contribution in [3.05, 3.63) is 0 Å². The highest BCUT2D eigenvalue weighted by atomic mass is 16.5. The van der Waals surface area contributed by atoms with Crippen molar-refractivity contribution in [3.8, 4) is 0 Å². The first-order chi connectivity index (χ1) is 6.49. The number of aliphatic hydroxyl groups excluding tert-OH is 1. The average molecular weight is 202 g/mol. The Morgan fingerprint density at radius 1 is 1.29 bits per heavy atom. The number of hydrogen-bond acceptors (Lipinski definition) is 3. The second-order valence-electron chi connectivity index (χ2n) is 4.37. The van der Waals surface area contributed by atoms with Gasteiger partial charge in [0.05, 0.1) is 12.5 Å². The van der Waals surface area contributed by atoms with Crippen LogP contribution in [0.25, 0.3) is 0 Å². The van der Waals surface area contributed by atoms with Crippen LogP contribution in [0, 0.1) is 17.8 Å². The van der Waals surface area contributed by atoms with E-state index in [1.807, 2.05) is 13.8 Å². The maximum absolute atomic E-state index is 11.5. The first-order valence-electron chi connectivity index (χ1n) is 5.26. The van der Waals surface area contributed by atoms with Gasteiger partial charge < -0.3 is 9.84 Å². The predicted molar refractivity (Wildman–Crippen MR) is 55.8 cm³/mol. The van der Waals surface area contributed by atoms with Crippen LogP contribution in [-0.2, 0) is 9.53 Å². The summed E-state index contributed by atoms with van der Waals surface area (Å²) in [5.41, 5.74) is 0. The molecule has 0 amide bonds. The summed E-state index contributed by atoms with van der Waals surface area (Å²) in [6.45, 7) is 8.24. The monoisotopic (exact) mass is 202 g/mol. The molecule has 1 N–H and O–H groups in total. The van der Waals surface area contributed by atoms with Crippen LogP contribution in [-0.4, -0.2) is 24.3 Å². The Hall–Kier alpha value is -0.570. The number of esters is 1. The highest BCUT2D eigenvalue weighted by molar-refractivity contribution is 5.72. The van der Waals surface area contributed by atoms with E-state index in [-0.39, 0.29) is 25.1 Å². The Morgan fingerprint density at radius 3 is 2.21 bits per heavy atom. The zero-order valence-corrected chi connectivity index (χ0v) is 9.62. The summed E-state index contributed by atoms with van der Waals surface area (Å²) in [5.74, 6) is 0.567. The minimum Gasteiger partial charge on any atom is -0.463 e. The summed E-state index contributed by atoms with van der Waals surface area (Å²) in [7, 11) is 0. The van der Waals surface area contributed by atoms with Crippen molar-refractivity contribution in [1.82, 2.24) is 0 Å². The summed E-state index contributed by atoms with van der Waals surface area (Å²) in [5, 5.41) is 8.54. The third kappa shape index (κ3) is 5.22. The summed E-state index contributed by atoms with van der Waals surface area (Å²) in [6, 6.07) is 0. The van der Waals surface area contributed by atoms with Crippen LogP contribution in [0.1, 0.15) is 34.1 Å². The predicted octanol–water partition coefficient (Wildman–Crippen LogP) is 1.84. The summed E-state index contributed by atoms with van der Waals surface area (Å²) >= 11 is 0. The first-order valence-corrected chi connectivity index (χ1v) is 5.26. The molecule has 0 aromatic rings. The molecule has 0 fully saturated rings. The van der Waals surface area contributed by atoms with E-state index in [0.717, 1.165) is 6.42 Å². The molecule has 0 saturated carbocycles. The van der Waals surface area contributed by atoms with Gasteiger partial charge in [0.2, 0.25) is 0 Å². The van der Waals surface area contributed by atoms with Gasteiger partial charge in [-0.05, 0) is 18.3 Å². The molecule has 0 radical (unpaired) electrons. The number of rotatable bonds is 6. The van der Waals surface area contributed by atoms with E-state index in [1.165, 1.54) is 0 Å². The molecule has 84 valence electrons. The van der Waals surface area contributed by atoms with Crippen molar-refractivity contribution < 1.29 is 14.6 Å². The highest BCUT2D eigenvalue weighted by Crippen LogP contribution is 2.21. The quantitative estimate of drug-likeness (QED) is 0.668. The van der Waals surface area contributed by atoms with E-state index in [1.54, 1.807) is 0 Å². The smallest absolute Gasteiger partial charge is 0.309 e. The van der Waals surface area contributed by atoms with Crippen molar-refractivity contribution in [1.29, 1.82) is 0 Å². The molecule has 0 heterocycles. The molecule has 0 aliphatic heterocycles. The minimum absolute atomic E-state index is 0.0402. The summed E-state index contributed by atoms with van der Waals surface area (Å²) < 4.78 is 4.93. The molecule has 0 aliphatic carbocycles. The van der Waals surface area contributed by atoms with Crippen LogP contribution in [0.2, 0.25) is 0 Å². The van der Waals surface area contributed by atoms with E-state index in [2.05, 4.69) is 13.8 Å². The second-order valence-corrected chi connectivity index (χ2v) is 4.37. The van der Waals surface area contributed by atoms with Crippen molar-refractivity contribution in [2.45, 2.75) is 34.1 Å². The van der Waals surface area contributed by atoms with Gasteiger partial charge in [0.15, 0.2) is 0 Å². The Bertz CT molecular complexity index is 164. The lowest BCUT2D eigenvalue weighted by Crippen LogP contribution is -2.25. The van der Waals surface area contributed by atoms with Crippen LogP contribution in [0.4, 0.5) is 0 Å². The fraction of sp³-hybridized carbons (Fsp3) is 0.909. The van der Waals surface area contributed by atoms with Crippen molar-refractivity contribution in [2.75, 3.05) is 13.2 Å². The number of hydrogen-bond donors (Lipinski definition) is 1. The Labute approximate surface area is 86.5 Å². The standard InChI is InChI=1S/C11H22O3/c1-8(2)7-10(9(3)4)11(13)14-6-5-12/h8-10,12H,5-7H2,1-4H3. The molecule has 0 aromatic carbocycles. The number of ether oxygens (including phenoxy) is 1. The Morgan fingerprint density at radius 2 is 1.86 bits per heavy atom. The van der Waals surface area contributed by atoms with E-state index >= 15 is 0 Å². The molecule has 0 bridgehead atoms. The minimum atomic E-state index is -0.178. The van der Waals surface area contributed by atoms with Gasteiger partial charge >= 0.3 is 5.97 Å². The van der Waals surface area contributed by atoms with Gasteiger partial charge in [-0.15, -0.1) is 0 Å². The summed E-state index contributed by atoms with van der Waals surface area (Å²) in [4.78, 5) is 11.5. The molecule has 3 heteroatoms. The topological polar surface area (TPSA) is 46.5 Å². The zero-order chi connectivity index (χ0) is 11.1. The van der Waals surface area contributed by atoms with Crippen LogP contribution >= 0.6 is 0 Å². The van der Waals surface area contributed by atoms with E-state index in [9.17, 15) is 4.79 Å². The largest absolute Gasteiger partial charge is 0.463 e. The Balaban J connectivity index is 4.12. The molecule has 1 atom stereocenters. The molecular weight excluding hydrogens is 180 g/mol. The molecule has 14 heavy (non-hydrogen) atoms. The fourth-order valence-electron chi connectivity index (χ4n) is 1.40. The fourth-order valence-corrected chi connectivity index (χ4v) is 1.40. The van der Waals surface area contributed by atoms with Crippen LogP contribution in [0.15, 0.2) is 0 Å². The first kappa shape index (κ1) is 13.4. The van der Waals surface area contributed by atoms with E-state index in [4.69, 9.17) is 9.84 Å². The van der Waals surface area contributed by atoms with Gasteiger partial charge in [-0.3, -0.25) is 4.79 Å². The third-order valence-corrected chi connectivity index (χ3v) is 2.17. The number of carbonyl (C=O) groups excluding carboxylic acids is 1. The maximum Gasteiger partial charge on any atom is 0.309 e. The summed E-state index contributed by atoms with van der Waals surface area (Å²) in [6.07, 6.45) is 0.849. The van der Waals surface area contributed by atoms with Crippen LogP contribution in [0.5, 0.6) is 0 Å². The lowest BCUT2D eigenvalue weighted by molar-refractivity contribution is -0.151. The highest BCUT2D eigenvalue weighted by Gasteiger charge is 2.24. The van der Waals surface area contributed by atoms with Gasteiger partial charge in [-0.1, -0.05) is 27.7 Å². The molecule has 0 rings (SSSR count). The van der Waals surface area contributed by atoms with Crippen LogP contribution in [0.3, 0.4) is 0 Å². The Kier molecular flexibility index (Phi) is 6.54. The van der Waals surface area contributed by atoms with Gasteiger partial charge in [-0.25, -0.2) is 0 Å². The van der Waals surface area contributed by atoms with Crippen molar-refractivity contribution in [2.24, 2.45) is 17.8 Å². The molecule has 0 saturated heterocycles. The maximum atomic E-state index is 11.5. The molecule has 0 aromatic heterocycles. The van der Waals surface area contributed by atoms with E-state index in [0.29, 0.717) is 11.8 Å². The number of carbonyl (C=O) groups is 1. The lowest BCUT2D eigenvalue weighted by Gasteiger charge is -2.20. The SMILES string of the molecule is CC(C)CC(C(=O)OCCO)C(C)C. The van der Waals surface area contributed by atoms with Gasteiger partial charge in [-0.2, -0.15) is 0 Å². The third-order valence-electron chi connectivity index (χ3n) is 2.17. The van der Waals surface area contributed by atoms with Crippen LogP contribution < -0.4 is 0 Å². The average Bonchev–Trinajstić information content (AvgIpc) is 2.09. The van der Waals surface area contributed by atoms with Crippen molar-refractivity contribution >= 4 is 5.97 Å². The molecular formula is C11H22O3. The van der Waals surface area contributed by atoms with Gasteiger partial charge in [0.25, 0.3) is 0 Å². The molecule has 1 unspecified atom stereocenters. The second kappa shape index (κ2) is 6.82. The molecule has 0 spiro atoms. The molecule has 0 aliphatic rings.